The van der Waals surface area contributed by atoms with Crippen LogP contribution in [0.2, 0.25) is 0 Å². The number of aromatic nitrogens is 2. The van der Waals surface area contributed by atoms with Crippen LogP contribution in [0, 0.1) is 0 Å². The molecule has 0 aliphatic carbocycles. The highest BCUT2D eigenvalue weighted by Crippen LogP contribution is 2.28. The number of H-pyrrole nitrogens is 1. The van der Waals surface area contributed by atoms with Crippen LogP contribution >= 0.6 is 0 Å². The first kappa shape index (κ1) is 11.7. The summed E-state index contributed by atoms with van der Waals surface area (Å²) in [5, 5.41) is 11.4. The zero-order chi connectivity index (χ0) is 13.2. The lowest BCUT2D eigenvalue weighted by Gasteiger charge is -2.09. The molecule has 0 aliphatic rings. The zero-order valence-electron chi connectivity index (χ0n) is 10.5. The molecule has 3 rings (SSSR count). The average molecular weight is 254 g/mol. The summed E-state index contributed by atoms with van der Waals surface area (Å²) >= 11 is 0. The van der Waals surface area contributed by atoms with Gasteiger partial charge in [0.25, 0.3) is 0 Å². The van der Waals surface area contributed by atoms with Gasteiger partial charge in [0, 0.05) is 22.7 Å². The Hall–Kier alpha value is -2.33. The van der Waals surface area contributed by atoms with Gasteiger partial charge in [-0.05, 0) is 18.2 Å². The van der Waals surface area contributed by atoms with Crippen molar-refractivity contribution in [2.24, 2.45) is 0 Å². The molecule has 3 aromatic rings. The molecule has 4 heteroatoms. The highest BCUT2D eigenvalue weighted by molar-refractivity contribution is 5.83. The molecule has 1 aromatic carbocycles. The van der Waals surface area contributed by atoms with Gasteiger partial charge < -0.3 is 14.8 Å². The van der Waals surface area contributed by atoms with Crippen molar-refractivity contribution in [3.63, 3.8) is 0 Å². The number of aromatic amines is 1. The van der Waals surface area contributed by atoms with Crippen LogP contribution in [-0.4, -0.2) is 22.2 Å². The van der Waals surface area contributed by atoms with E-state index in [9.17, 15) is 5.11 Å². The van der Waals surface area contributed by atoms with Crippen LogP contribution < -0.4 is 4.74 Å². The Morgan fingerprint density at radius 3 is 2.79 bits per heavy atom. The Kier molecular flexibility index (Phi) is 2.93. The summed E-state index contributed by atoms with van der Waals surface area (Å²) in [5.74, 6) is 0.676. The fraction of sp³-hybridized carbons (Fsp3) is 0.133. The van der Waals surface area contributed by atoms with E-state index < -0.39 is 6.10 Å². The first-order chi connectivity index (χ1) is 9.29. The molecule has 2 heterocycles. The number of benzene rings is 1. The number of ether oxygens (including phenoxy) is 1. The van der Waals surface area contributed by atoms with Crippen molar-refractivity contribution in [3.05, 3.63) is 60.0 Å². The number of aliphatic hydroxyl groups excluding tert-OH is 1. The summed E-state index contributed by atoms with van der Waals surface area (Å²) in [5.41, 5.74) is 2.43. The van der Waals surface area contributed by atoms with E-state index in [4.69, 9.17) is 4.74 Å². The quantitative estimate of drug-likeness (QED) is 0.755. The van der Waals surface area contributed by atoms with E-state index in [2.05, 4.69) is 9.97 Å². The lowest BCUT2D eigenvalue weighted by atomic mass is 10.1. The number of rotatable bonds is 3. The van der Waals surface area contributed by atoms with Gasteiger partial charge >= 0.3 is 0 Å². The Labute approximate surface area is 110 Å². The number of methoxy groups -OCH3 is 1. The van der Waals surface area contributed by atoms with Crippen LogP contribution in [-0.2, 0) is 0 Å². The lowest BCUT2D eigenvalue weighted by Crippen LogP contribution is -2.01. The van der Waals surface area contributed by atoms with E-state index in [1.807, 2.05) is 30.5 Å². The van der Waals surface area contributed by atoms with E-state index in [1.54, 1.807) is 25.4 Å². The van der Waals surface area contributed by atoms with E-state index in [0.29, 0.717) is 11.4 Å². The van der Waals surface area contributed by atoms with Gasteiger partial charge in [-0.1, -0.05) is 18.2 Å². The van der Waals surface area contributed by atoms with Crippen molar-refractivity contribution in [2.45, 2.75) is 6.10 Å². The SMILES string of the molecule is COc1ccc(C(O)c2c[nH]c3ccccc23)nc1. The summed E-state index contributed by atoms with van der Waals surface area (Å²) in [6.07, 6.45) is 2.68. The molecule has 0 aliphatic heterocycles. The largest absolute Gasteiger partial charge is 0.495 e. The molecular formula is C15H14N2O2. The third-order valence-electron chi connectivity index (χ3n) is 3.19. The second kappa shape index (κ2) is 4.74. The molecule has 19 heavy (non-hydrogen) atoms. The molecule has 4 nitrogen and oxygen atoms in total. The fourth-order valence-electron chi connectivity index (χ4n) is 2.15. The summed E-state index contributed by atoms with van der Waals surface area (Å²) < 4.78 is 5.06. The Morgan fingerprint density at radius 2 is 2.05 bits per heavy atom. The second-order valence-corrected chi connectivity index (χ2v) is 4.32. The summed E-state index contributed by atoms with van der Waals surface area (Å²) in [7, 11) is 1.59. The van der Waals surface area contributed by atoms with Gasteiger partial charge in [0.1, 0.15) is 11.9 Å². The predicted molar refractivity (Wildman–Crippen MR) is 73.1 cm³/mol. The van der Waals surface area contributed by atoms with Gasteiger partial charge in [-0.15, -0.1) is 0 Å². The number of hydrogen-bond donors (Lipinski definition) is 2. The molecule has 1 atom stereocenters. The number of para-hydroxylation sites is 1. The molecule has 0 fully saturated rings. The standard InChI is InChI=1S/C15H14N2O2/c1-19-10-6-7-14(16-8-10)15(18)12-9-17-13-5-3-2-4-11(12)13/h2-9,15,17-18H,1H3. The molecule has 2 N–H and O–H groups in total. The van der Waals surface area contributed by atoms with Crippen molar-refractivity contribution in [1.29, 1.82) is 0 Å². The molecule has 0 saturated carbocycles. The minimum atomic E-state index is -0.748. The van der Waals surface area contributed by atoms with Gasteiger partial charge in [0.2, 0.25) is 0 Å². The minimum Gasteiger partial charge on any atom is -0.495 e. The molecule has 0 spiro atoms. The topological polar surface area (TPSA) is 58.1 Å². The van der Waals surface area contributed by atoms with Crippen molar-refractivity contribution in [3.8, 4) is 5.75 Å². The third-order valence-corrected chi connectivity index (χ3v) is 3.19. The van der Waals surface area contributed by atoms with E-state index in [1.165, 1.54) is 0 Å². The second-order valence-electron chi connectivity index (χ2n) is 4.32. The van der Waals surface area contributed by atoms with Gasteiger partial charge in [0.05, 0.1) is 19.0 Å². The van der Waals surface area contributed by atoms with E-state index in [-0.39, 0.29) is 0 Å². The van der Waals surface area contributed by atoms with Crippen LogP contribution in [0.25, 0.3) is 10.9 Å². The highest BCUT2D eigenvalue weighted by atomic mass is 16.5. The normalized spacial score (nSPS) is 12.5. The number of nitrogens with zero attached hydrogens (tertiary/aromatic N) is 1. The smallest absolute Gasteiger partial charge is 0.137 e. The van der Waals surface area contributed by atoms with Crippen LogP contribution in [0.5, 0.6) is 5.75 Å². The van der Waals surface area contributed by atoms with Gasteiger partial charge in [0.15, 0.2) is 0 Å². The number of pyridine rings is 1. The minimum absolute atomic E-state index is 0.602. The maximum Gasteiger partial charge on any atom is 0.137 e. The number of nitrogens with one attached hydrogen (secondary N) is 1. The van der Waals surface area contributed by atoms with Crippen molar-refractivity contribution in [2.75, 3.05) is 7.11 Å². The van der Waals surface area contributed by atoms with Crippen molar-refractivity contribution >= 4 is 10.9 Å². The van der Waals surface area contributed by atoms with Crippen molar-refractivity contribution < 1.29 is 9.84 Å². The summed E-state index contributed by atoms with van der Waals surface area (Å²) in [6, 6.07) is 11.4. The maximum absolute atomic E-state index is 10.4. The van der Waals surface area contributed by atoms with Crippen molar-refractivity contribution in [1.82, 2.24) is 9.97 Å². The number of fused-ring (bicyclic) bond motifs is 1. The number of aliphatic hydroxyl groups is 1. The van der Waals surface area contributed by atoms with Crippen LogP contribution in [0.3, 0.4) is 0 Å². The van der Waals surface area contributed by atoms with Gasteiger partial charge in [-0.2, -0.15) is 0 Å². The molecule has 96 valence electrons. The summed E-state index contributed by atoms with van der Waals surface area (Å²) in [4.78, 5) is 7.37. The summed E-state index contributed by atoms with van der Waals surface area (Å²) in [6.45, 7) is 0. The van der Waals surface area contributed by atoms with Gasteiger partial charge in [-0.25, -0.2) is 0 Å². The molecule has 0 bridgehead atoms. The molecule has 1 unspecified atom stereocenters. The lowest BCUT2D eigenvalue weighted by molar-refractivity contribution is 0.216. The molecule has 2 aromatic heterocycles. The highest BCUT2D eigenvalue weighted by Gasteiger charge is 2.16. The van der Waals surface area contributed by atoms with E-state index >= 15 is 0 Å². The van der Waals surface area contributed by atoms with Crippen LogP contribution in [0.4, 0.5) is 0 Å². The average Bonchev–Trinajstić information content (AvgIpc) is 2.90. The zero-order valence-corrected chi connectivity index (χ0v) is 10.5. The monoisotopic (exact) mass is 254 g/mol. The predicted octanol–water partition coefficient (Wildman–Crippen LogP) is 2.65. The Balaban J connectivity index is 2.00. The molecular weight excluding hydrogens is 240 g/mol. The van der Waals surface area contributed by atoms with Gasteiger partial charge in [-0.3, -0.25) is 4.98 Å². The fourth-order valence-corrected chi connectivity index (χ4v) is 2.15. The first-order valence-corrected chi connectivity index (χ1v) is 6.03. The van der Waals surface area contributed by atoms with Crippen LogP contribution in [0.1, 0.15) is 17.4 Å². The Bertz CT molecular complexity index is 689. The Morgan fingerprint density at radius 1 is 1.21 bits per heavy atom. The van der Waals surface area contributed by atoms with Crippen LogP contribution in [0.15, 0.2) is 48.8 Å². The maximum atomic E-state index is 10.4. The number of hydrogen-bond acceptors (Lipinski definition) is 3. The molecule has 0 amide bonds. The molecule has 0 radical (unpaired) electrons. The van der Waals surface area contributed by atoms with E-state index in [0.717, 1.165) is 16.5 Å². The first-order valence-electron chi connectivity index (χ1n) is 6.03. The molecule has 0 saturated heterocycles. The third kappa shape index (κ3) is 2.06.